The molecule has 0 aliphatic carbocycles. The number of nitrogens with one attached hydrogen (secondary N) is 3. The Hall–Kier alpha value is -4.81. The van der Waals surface area contributed by atoms with Crippen LogP contribution in [0, 0.1) is 0 Å². The maximum Gasteiger partial charge on any atom is 0.262 e. The van der Waals surface area contributed by atoms with Crippen LogP contribution in [0.15, 0.2) is 77.9 Å². The van der Waals surface area contributed by atoms with Gasteiger partial charge in [0.1, 0.15) is 5.65 Å². The minimum atomic E-state index is -0.156. The van der Waals surface area contributed by atoms with E-state index >= 15 is 0 Å². The predicted octanol–water partition coefficient (Wildman–Crippen LogP) is 5.48. The number of hydrogen-bond donors (Lipinski definition) is 3. The number of amides is 2. The molecule has 2 amide bonds. The molecule has 3 N–H and O–H groups in total. The SMILES string of the molecule is COc1nc(-c2cccc(-c3cccc(-c4ccn5c(=O)c(CNC[C@H]6CCC(=O)N6C)cnc5c4)c3Cl)c2Cl)ccc1CNC[C@H]1CCC(=O)N1. The molecule has 0 spiro atoms. The summed E-state index contributed by atoms with van der Waals surface area (Å²) in [6.45, 7) is 2.18. The quantitative estimate of drug-likeness (QED) is 0.153. The molecule has 11 nitrogen and oxygen atoms in total. The van der Waals surface area contributed by atoms with Gasteiger partial charge in [0.2, 0.25) is 17.7 Å². The Labute approximate surface area is 311 Å². The minimum Gasteiger partial charge on any atom is -0.481 e. The zero-order valence-electron chi connectivity index (χ0n) is 28.9. The van der Waals surface area contributed by atoms with Gasteiger partial charge in [-0.1, -0.05) is 65.7 Å². The molecule has 52 heavy (non-hydrogen) atoms. The van der Waals surface area contributed by atoms with Crippen molar-refractivity contribution in [1.82, 2.24) is 35.2 Å². The summed E-state index contributed by atoms with van der Waals surface area (Å²) in [7, 11) is 3.41. The molecular weight excluding hydrogens is 701 g/mol. The molecule has 2 aliphatic rings. The van der Waals surface area contributed by atoms with E-state index in [2.05, 4.69) is 20.9 Å². The highest BCUT2D eigenvalue weighted by Gasteiger charge is 2.27. The molecular formula is C39H39Cl2N7O4. The lowest BCUT2D eigenvalue weighted by Crippen LogP contribution is -2.37. The van der Waals surface area contributed by atoms with E-state index in [4.69, 9.17) is 32.9 Å². The summed E-state index contributed by atoms with van der Waals surface area (Å²) < 4.78 is 7.18. The van der Waals surface area contributed by atoms with E-state index in [-0.39, 0.29) is 29.5 Å². The van der Waals surface area contributed by atoms with Gasteiger partial charge in [-0.3, -0.25) is 18.8 Å². The lowest BCUT2D eigenvalue weighted by molar-refractivity contribution is -0.127. The maximum atomic E-state index is 13.3. The second-order valence-corrected chi connectivity index (χ2v) is 13.9. The number of halogens is 2. The smallest absolute Gasteiger partial charge is 0.262 e. The largest absolute Gasteiger partial charge is 0.481 e. The molecule has 0 radical (unpaired) electrons. The van der Waals surface area contributed by atoms with Crippen LogP contribution in [0.2, 0.25) is 10.0 Å². The summed E-state index contributed by atoms with van der Waals surface area (Å²) in [6.07, 6.45) is 6.08. The molecule has 2 atom stereocenters. The van der Waals surface area contributed by atoms with Crippen molar-refractivity contribution >= 4 is 40.7 Å². The Morgan fingerprint density at radius 2 is 1.58 bits per heavy atom. The molecule has 0 saturated carbocycles. The molecule has 5 heterocycles. The van der Waals surface area contributed by atoms with Gasteiger partial charge in [0, 0.05) is 104 Å². The van der Waals surface area contributed by atoms with Crippen LogP contribution >= 0.6 is 23.2 Å². The number of pyridine rings is 2. The van der Waals surface area contributed by atoms with Gasteiger partial charge in [-0.05, 0) is 36.6 Å². The monoisotopic (exact) mass is 739 g/mol. The summed E-state index contributed by atoms with van der Waals surface area (Å²) in [5.41, 5.74) is 6.24. The molecule has 268 valence electrons. The molecule has 0 bridgehead atoms. The van der Waals surface area contributed by atoms with E-state index in [1.807, 2.05) is 67.7 Å². The Bertz CT molecular complexity index is 2230. The lowest BCUT2D eigenvalue weighted by Gasteiger charge is -2.20. The molecule has 13 heteroatoms. The molecule has 0 unspecified atom stereocenters. The van der Waals surface area contributed by atoms with E-state index in [0.29, 0.717) is 71.9 Å². The number of ether oxygens (including phenoxy) is 1. The van der Waals surface area contributed by atoms with Crippen molar-refractivity contribution in [1.29, 1.82) is 0 Å². The van der Waals surface area contributed by atoms with Gasteiger partial charge in [0.05, 0.1) is 22.8 Å². The Kier molecular flexibility index (Phi) is 10.6. The van der Waals surface area contributed by atoms with E-state index in [1.165, 1.54) is 4.40 Å². The summed E-state index contributed by atoms with van der Waals surface area (Å²) in [4.78, 5) is 47.8. The van der Waals surface area contributed by atoms with Crippen molar-refractivity contribution in [3.8, 4) is 39.4 Å². The van der Waals surface area contributed by atoms with E-state index in [0.717, 1.165) is 46.2 Å². The lowest BCUT2D eigenvalue weighted by atomic mass is 9.97. The van der Waals surface area contributed by atoms with E-state index in [9.17, 15) is 14.4 Å². The van der Waals surface area contributed by atoms with Crippen LogP contribution < -0.4 is 26.2 Å². The Balaban J connectivity index is 1.10. The molecule has 5 aromatic rings. The van der Waals surface area contributed by atoms with Gasteiger partial charge in [-0.2, -0.15) is 0 Å². The molecule has 3 aromatic heterocycles. The number of methoxy groups -OCH3 is 1. The van der Waals surface area contributed by atoms with Crippen molar-refractivity contribution in [3.05, 3.63) is 105 Å². The van der Waals surface area contributed by atoms with Crippen molar-refractivity contribution in [2.24, 2.45) is 0 Å². The van der Waals surface area contributed by atoms with Crippen molar-refractivity contribution in [2.45, 2.75) is 50.9 Å². The zero-order chi connectivity index (χ0) is 36.4. The summed E-state index contributed by atoms with van der Waals surface area (Å²) in [5, 5.41) is 10.7. The van der Waals surface area contributed by atoms with Crippen molar-refractivity contribution in [3.63, 3.8) is 0 Å². The highest BCUT2D eigenvalue weighted by Crippen LogP contribution is 2.42. The second kappa shape index (κ2) is 15.4. The van der Waals surface area contributed by atoms with Crippen LogP contribution in [0.25, 0.3) is 39.2 Å². The third kappa shape index (κ3) is 7.27. The number of likely N-dealkylation sites (N-methyl/N-ethyl adjacent to an activating group) is 1. The van der Waals surface area contributed by atoms with Gasteiger partial charge >= 0.3 is 0 Å². The van der Waals surface area contributed by atoms with Crippen molar-refractivity contribution < 1.29 is 14.3 Å². The fourth-order valence-corrected chi connectivity index (χ4v) is 7.58. The molecule has 2 aromatic carbocycles. The van der Waals surface area contributed by atoms with E-state index in [1.54, 1.807) is 24.4 Å². The molecule has 2 saturated heterocycles. The molecule has 2 aliphatic heterocycles. The summed E-state index contributed by atoms with van der Waals surface area (Å²) in [5.74, 6) is 0.731. The number of hydrogen-bond acceptors (Lipinski definition) is 8. The topological polar surface area (TPSA) is 130 Å². The number of aromatic nitrogens is 3. The summed E-state index contributed by atoms with van der Waals surface area (Å²) in [6, 6.07) is 19.4. The van der Waals surface area contributed by atoms with Gasteiger partial charge in [-0.25, -0.2) is 9.97 Å². The van der Waals surface area contributed by atoms with Crippen LogP contribution in [-0.2, 0) is 22.7 Å². The number of carbonyl (C=O) groups excluding carboxylic acids is 2. The number of carbonyl (C=O) groups is 2. The first kappa shape index (κ1) is 35.6. The first-order valence-corrected chi connectivity index (χ1v) is 18.1. The average molecular weight is 741 g/mol. The number of rotatable bonds is 12. The third-order valence-electron chi connectivity index (χ3n) is 9.91. The highest BCUT2D eigenvalue weighted by atomic mass is 35.5. The predicted molar refractivity (Wildman–Crippen MR) is 203 cm³/mol. The van der Waals surface area contributed by atoms with Crippen LogP contribution in [0.1, 0.15) is 36.8 Å². The fraction of sp³-hybridized carbons (Fsp3) is 0.308. The van der Waals surface area contributed by atoms with Crippen molar-refractivity contribution in [2.75, 3.05) is 27.2 Å². The third-order valence-corrected chi connectivity index (χ3v) is 10.7. The number of fused-ring (bicyclic) bond motifs is 1. The van der Waals surface area contributed by atoms with Crippen LogP contribution in [0.4, 0.5) is 0 Å². The average Bonchev–Trinajstić information content (AvgIpc) is 3.72. The molecule has 2 fully saturated rings. The first-order chi connectivity index (χ1) is 25.2. The Morgan fingerprint density at radius 1 is 0.865 bits per heavy atom. The van der Waals surface area contributed by atoms with E-state index < -0.39 is 0 Å². The fourth-order valence-electron chi connectivity index (χ4n) is 6.92. The summed E-state index contributed by atoms with van der Waals surface area (Å²) >= 11 is 14.2. The van der Waals surface area contributed by atoms with Gasteiger partial charge < -0.3 is 25.6 Å². The minimum absolute atomic E-state index is 0.0922. The number of benzene rings is 2. The van der Waals surface area contributed by atoms with Crippen LogP contribution in [0.3, 0.4) is 0 Å². The van der Waals surface area contributed by atoms with Crippen LogP contribution in [0.5, 0.6) is 5.88 Å². The molecule has 7 rings (SSSR count). The van der Waals surface area contributed by atoms with Gasteiger partial charge in [0.25, 0.3) is 5.56 Å². The standard InChI is InChI=1S/C39H39Cl2N7O4/c1-47-27(11-14-35(47)50)22-43-19-25-20-44-33-17-23(15-16-48(33)39(25)51)28-5-3-6-29(36(28)40)30-7-4-8-31(37(30)41)32-12-9-24(38(46-32)52-2)18-42-21-26-10-13-34(49)45-26/h3-9,12,15-17,20,26-27,42-43H,10-11,13-14,18-19,21-22H2,1-2H3,(H,45,49)/t26-,27-/m1/s1. The van der Waals surface area contributed by atoms with Gasteiger partial charge in [0.15, 0.2) is 0 Å². The zero-order valence-corrected chi connectivity index (χ0v) is 30.4. The Morgan fingerprint density at radius 3 is 2.29 bits per heavy atom. The first-order valence-electron chi connectivity index (χ1n) is 17.3. The van der Waals surface area contributed by atoms with Crippen LogP contribution in [-0.4, -0.2) is 70.4 Å². The normalized spacial score (nSPS) is 17.3. The maximum absolute atomic E-state index is 13.3. The second-order valence-electron chi connectivity index (χ2n) is 13.2. The highest BCUT2D eigenvalue weighted by molar-refractivity contribution is 6.39. The number of likely N-dealkylation sites (tertiary alicyclic amines) is 1. The van der Waals surface area contributed by atoms with Gasteiger partial charge in [-0.15, -0.1) is 0 Å². The number of nitrogens with zero attached hydrogens (tertiary/aromatic N) is 4.